The molecule has 0 aromatic carbocycles. The summed E-state index contributed by atoms with van der Waals surface area (Å²) in [6.45, 7) is 6.52. The van der Waals surface area contributed by atoms with Gasteiger partial charge in [0.2, 0.25) is 0 Å². The summed E-state index contributed by atoms with van der Waals surface area (Å²) in [6.07, 6.45) is 3.41. The third kappa shape index (κ3) is 3.12. The van der Waals surface area contributed by atoms with Crippen LogP contribution in [0, 0.1) is 0 Å². The molecule has 1 saturated heterocycles. The molecule has 1 aliphatic heterocycles. The SMILES string of the molecule is CCC/C=C(\C)C(O)=C1C(=O)OC(C)(C)OC1=O. The Morgan fingerprint density at radius 2 is 1.78 bits per heavy atom. The fourth-order valence-electron chi connectivity index (χ4n) is 1.50. The van der Waals surface area contributed by atoms with Crippen molar-refractivity contribution in [1.82, 2.24) is 0 Å². The highest BCUT2D eigenvalue weighted by Crippen LogP contribution is 2.26. The van der Waals surface area contributed by atoms with Crippen molar-refractivity contribution in [2.45, 2.75) is 46.3 Å². The smallest absolute Gasteiger partial charge is 0.352 e. The van der Waals surface area contributed by atoms with Gasteiger partial charge in [0.05, 0.1) is 0 Å². The Morgan fingerprint density at radius 1 is 1.28 bits per heavy atom. The molecule has 100 valence electrons. The predicted molar refractivity (Wildman–Crippen MR) is 64.6 cm³/mol. The molecule has 0 unspecified atom stereocenters. The number of unbranched alkanes of at least 4 members (excludes halogenated alkanes) is 1. The van der Waals surface area contributed by atoms with E-state index >= 15 is 0 Å². The molecular weight excluding hydrogens is 236 g/mol. The van der Waals surface area contributed by atoms with Gasteiger partial charge in [-0.3, -0.25) is 0 Å². The van der Waals surface area contributed by atoms with Gasteiger partial charge < -0.3 is 14.6 Å². The van der Waals surface area contributed by atoms with Crippen LogP contribution >= 0.6 is 0 Å². The van der Waals surface area contributed by atoms with Crippen molar-refractivity contribution in [3.63, 3.8) is 0 Å². The maximum atomic E-state index is 11.7. The summed E-state index contributed by atoms with van der Waals surface area (Å²) in [4.78, 5) is 23.3. The molecule has 0 bridgehead atoms. The van der Waals surface area contributed by atoms with E-state index in [-0.39, 0.29) is 5.76 Å². The maximum absolute atomic E-state index is 11.7. The van der Waals surface area contributed by atoms with Gasteiger partial charge in [-0.15, -0.1) is 0 Å². The number of cyclic esters (lactones) is 2. The number of esters is 2. The van der Waals surface area contributed by atoms with Crippen LogP contribution in [-0.4, -0.2) is 22.8 Å². The first-order chi connectivity index (χ1) is 8.28. The van der Waals surface area contributed by atoms with E-state index in [0.717, 1.165) is 12.8 Å². The predicted octanol–water partition coefficient (Wildman–Crippen LogP) is 2.38. The summed E-state index contributed by atoms with van der Waals surface area (Å²) in [6, 6.07) is 0. The molecular formula is C13H18O5. The first kappa shape index (κ1) is 14.3. The molecule has 1 N–H and O–H groups in total. The molecule has 0 aromatic rings. The quantitative estimate of drug-likeness (QED) is 0.362. The minimum atomic E-state index is -1.29. The van der Waals surface area contributed by atoms with E-state index in [1.54, 1.807) is 13.0 Å². The summed E-state index contributed by atoms with van der Waals surface area (Å²) in [5, 5.41) is 9.89. The van der Waals surface area contributed by atoms with Crippen LogP contribution in [0.3, 0.4) is 0 Å². The number of hydrogen-bond acceptors (Lipinski definition) is 5. The molecule has 5 nitrogen and oxygen atoms in total. The van der Waals surface area contributed by atoms with Crippen molar-refractivity contribution in [3.05, 3.63) is 23.0 Å². The minimum Gasteiger partial charge on any atom is -0.506 e. The zero-order valence-electron chi connectivity index (χ0n) is 11.1. The third-order valence-corrected chi connectivity index (χ3v) is 2.43. The zero-order chi connectivity index (χ0) is 13.9. The maximum Gasteiger partial charge on any atom is 0.352 e. The lowest BCUT2D eigenvalue weighted by molar-refractivity contribution is -0.222. The van der Waals surface area contributed by atoms with Crippen LogP contribution in [-0.2, 0) is 19.1 Å². The Bertz CT molecular complexity index is 407. The summed E-state index contributed by atoms with van der Waals surface area (Å²) < 4.78 is 9.81. The summed E-state index contributed by atoms with van der Waals surface area (Å²) in [5.74, 6) is -3.40. The number of hydrogen-bond donors (Lipinski definition) is 1. The molecule has 5 heteroatoms. The minimum absolute atomic E-state index is 0.381. The molecule has 1 rings (SSSR count). The fraction of sp³-hybridized carbons (Fsp3) is 0.538. The monoisotopic (exact) mass is 254 g/mol. The Morgan fingerprint density at radius 3 is 2.22 bits per heavy atom. The molecule has 0 spiro atoms. The fourth-order valence-corrected chi connectivity index (χ4v) is 1.50. The van der Waals surface area contributed by atoms with Crippen LogP contribution in [0.2, 0.25) is 0 Å². The van der Waals surface area contributed by atoms with Crippen LogP contribution in [0.1, 0.15) is 40.5 Å². The standard InChI is InChI=1S/C13H18O5/c1-5-6-7-8(2)10(14)9-11(15)17-13(3,4)18-12(9)16/h7,14H,5-6H2,1-4H3/b8-7+. The van der Waals surface area contributed by atoms with E-state index < -0.39 is 23.3 Å². The van der Waals surface area contributed by atoms with Crippen LogP contribution in [0.5, 0.6) is 0 Å². The van der Waals surface area contributed by atoms with Crippen LogP contribution in [0.15, 0.2) is 23.0 Å². The lowest BCUT2D eigenvalue weighted by Crippen LogP contribution is -2.42. The highest BCUT2D eigenvalue weighted by atomic mass is 16.7. The van der Waals surface area contributed by atoms with Gasteiger partial charge in [-0.1, -0.05) is 19.4 Å². The molecule has 0 saturated carbocycles. The highest BCUT2D eigenvalue weighted by molar-refractivity contribution is 6.16. The topological polar surface area (TPSA) is 72.8 Å². The van der Waals surface area contributed by atoms with E-state index in [1.807, 2.05) is 6.92 Å². The zero-order valence-corrected chi connectivity index (χ0v) is 11.1. The van der Waals surface area contributed by atoms with Gasteiger partial charge in [0.25, 0.3) is 5.79 Å². The summed E-state index contributed by atoms with van der Waals surface area (Å²) in [7, 11) is 0. The lowest BCUT2D eigenvalue weighted by atomic mass is 10.1. The van der Waals surface area contributed by atoms with E-state index in [0.29, 0.717) is 5.57 Å². The Labute approximate surface area is 106 Å². The van der Waals surface area contributed by atoms with Gasteiger partial charge in [-0.05, 0) is 18.9 Å². The Kier molecular flexibility index (Phi) is 4.16. The van der Waals surface area contributed by atoms with E-state index in [4.69, 9.17) is 9.47 Å². The Hall–Kier alpha value is -1.78. The average Bonchev–Trinajstić information content (AvgIpc) is 2.22. The van der Waals surface area contributed by atoms with Gasteiger partial charge in [0, 0.05) is 13.8 Å². The highest BCUT2D eigenvalue weighted by Gasteiger charge is 2.41. The number of carbonyl (C=O) groups is 2. The van der Waals surface area contributed by atoms with Gasteiger partial charge in [0.1, 0.15) is 5.76 Å². The molecule has 0 radical (unpaired) electrons. The first-order valence-corrected chi connectivity index (χ1v) is 5.85. The number of aliphatic hydroxyl groups is 1. The number of ether oxygens (including phenoxy) is 2. The molecule has 0 aliphatic carbocycles. The number of rotatable bonds is 3. The van der Waals surface area contributed by atoms with Crippen LogP contribution in [0.4, 0.5) is 0 Å². The van der Waals surface area contributed by atoms with Gasteiger partial charge in [0.15, 0.2) is 5.57 Å². The first-order valence-electron chi connectivity index (χ1n) is 5.85. The molecule has 18 heavy (non-hydrogen) atoms. The second kappa shape index (κ2) is 5.25. The third-order valence-electron chi connectivity index (χ3n) is 2.43. The van der Waals surface area contributed by atoms with Crippen LogP contribution in [0.25, 0.3) is 0 Å². The number of allylic oxidation sites excluding steroid dienone is 2. The van der Waals surface area contributed by atoms with Crippen molar-refractivity contribution >= 4 is 11.9 Å². The molecule has 0 atom stereocenters. The normalized spacial score (nSPS) is 19.3. The second-order valence-corrected chi connectivity index (χ2v) is 4.58. The number of carbonyl (C=O) groups excluding carboxylic acids is 2. The van der Waals surface area contributed by atoms with Crippen molar-refractivity contribution < 1.29 is 24.2 Å². The van der Waals surface area contributed by atoms with Gasteiger partial charge in [-0.2, -0.15) is 0 Å². The summed E-state index contributed by atoms with van der Waals surface area (Å²) >= 11 is 0. The van der Waals surface area contributed by atoms with Crippen molar-refractivity contribution in [2.75, 3.05) is 0 Å². The van der Waals surface area contributed by atoms with Crippen molar-refractivity contribution in [2.24, 2.45) is 0 Å². The number of aliphatic hydroxyl groups excluding tert-OH is 1. The Balaban J connectivity index is 3.07. The van der Waals surface area contributed by atoms with Gasteiger partial charge in [-0.25, -0.2) is 9.59 Å². The van der Waals surface area contributed by atoms with E-state index in [9.17, 15) is 14.7 Å². The second-order valence-electron chi connectivity index (χ2n) is 4.58. The molecule has 0 aromatic heterocycles. The van der Waals surface area contributed by atoms with Crippen LogP contribution < -0.4 is 0 Å². The molecule has 1 aliphatic rings. The van der Waals surface area contributed by atoms with E-state index in [2.05, 4.69) is 0 Å². The van der Waals surface area contributed by atoms with E-state index in [1.165, 1.54) is 13.8 Å². The average molecular weight is 254 g/mol. The molecule has 1 heterocycles. The van der Waals surface area contributed by atoms with Gasteiger partial charge >= 0.3 is 11.9 Å². The lowest BCUT2D eigenvalue weighted by Gasteiger charge is -2.30. The molecule has 1 fully saturated rings. The summed E-state index contributed by atoms with van der Waals surface area (Å²) in [5.41, 5.74) is 0.0136. The van der Waals surface area contributed by atoms with Crippen molar-refractivity contribution in [3.8, 4) is 0 Å². The van der Waals surface area contributed by atoms with Crippen molar-refractivity contribution in [1.29, 1.82) is 0 Å². The largest absolute Gasteiger partial charge is 0.506 e. The molecule has 0 amide bonds.